The van der Waals surface area contributed by atoms with Crippen molar-refractivity contribution in [3.05, 3.63) is 15.6 Å². The molecule has 1 aliphatic heterocycles. The van der Waals surface area contributed by atoms with Gasteiger partial charge >= 0.3 is 0 Å². The summed E-state index contributed by atoms with van der Waals surface area (Å²) in [6.07, 6.45) is 2.60. The lowest BCUT2D eigenvalue weighted by Gasteiger charge is -2.32. The van der Waals surface area contributed by atoms with E-state index in [-0.39, 0.29) is 0 Å². The van der Waals surface area contributed by atoms with Crippen molar-refractivity contribution in [3.8, 4) is 0 Å². The Kier molecular flexibility index (Phi) is 4.17. The van der Waals surface area contributed by atoms with Gasteiger partial charge in [0.1, 0.15) is 0 Å². The second-order valence-electron chi connectivity index (χ2n) is 5.17. The van der Waals surface area contributed by atoms with Crippen LogP contribution < -0.4 is 5.32 Å². The van der Waals surface area contributed by atoms with Crippen LogP contribution >= 0.6 is 11.3 Å². The smallest absolute Gasteiger partial charge is 0.0900 e. The average Bonchev–Trinajstić information content (AvgIpc) is 2.58. The number of nitrogens with one attached hydrogen (secondary N) is 1. The van der Waals surface area contributed by atoms with Crippen LogP contribution in [0.3, 0.4) is 0 Å². The first-order valence-corrected chi connectivity index (χ1v) is 7.26. The Labute approximate surface area is 108 Å². The first kappa shape index (κ1) is 13.0. The van der Waals surface area contributed by atoms with Crippen LogP contribution in [0.4, 0.5) is 0 Å². The third-order valence-corrected chi connectivity index (χ3v) is 4.70. The third-order valence-electron chi connectivity index (χ3n) is 3.44. The van der Waals surface area contributed by atoms with Gasteiger partial charge in [-0.1, -0.05) is 0 Å². The minimum Gasteiger partial charge on any atom is -0.305 e. The molecule has 4 heteroatoms. The van der Waals surface area contributed by atoms with Crippen molar-refractivity contribution in [3.63, 3.8) is 0 Å². The zero-order chi connectivity index (χ0) is 12.4. The Balaban J connectivity index is 1.96. The zero-order valence-electron chi connectivity index (χ0n) is 11.3. The van der Waals surface area contributed by atoms with Gasteiger partial charge in [0.05, 0.1) is 10.7 Å². The van der Waals surface area contributed by atoms with Gasteiger partial charge in [0, 0.05) is 23.5 Å². The number of likely N-dealkylation sites (tertiary alicyclic amines) is 1. The molecule has 0 bridgehead atoms. The van der Waals surface area contributed by atoms with Crippen molar-refractivity contribution in [1.29, 1.82) is 0 Å². The zero-order valence-corrected chi connectivity index (χ0v) is 12.1. The van der Waals surface area contributed by atoms with E-state index in [0.717, 1.165) is 0 Å². The summed E-state index contributed by atoms with van der Waals surface area (Å²) in [7, 11) is 2.21. The highest BCUT2D eigenvalue weighted by Crippen LogP contribution is 2.25. The summed E-state index contributed by atoms with van der Waals surface area (Å²) < 4.78 is 0. The standard InChI is InChI=1S/C13H23N3S/c1-9-13(17-11(3)14-9)10(2)15-12-6-5-7-16(4)8-12/h10,12,15H,5-8H2,1-4H3. The molecule has 96 valence electrons. The molecule has 1 saturated heterocycles. The highest BCUT2D eigenvalue weighted by molar-refractivity contribution is 7.11. The van der Waals surface area contributed by atoms with Gasteiger partial charge in [-0.3, -0.25) is 0 Å². The van der Waals surface area contributed by atoms with Crippen LogP contribution in [0.2, 0.25) is 0 Å². The Morgan fingerprint density at radius 1 is 1.47 bits per heavy atom. The summed E-state index contributed by atoms with van der Waals surface area (Å²) in [5.41, 5.74) is 1.19. The number of aryl methyl sites for hydroxylation is 2. The molecule has 3 nitrogen and oxygen atoms in total. The average molecular weight is 253 g/mol. The van der Waals surface area contributed by atoms with Gasteiger partial charge in [0.2, 0.25) is 0 Å². The van der Waals surface area contributed by atoms with E-state index in [1.165, 1.54) is 41.5 Å². The second kappa shape index (κ2) is 5.46. The molecule has 0 saturated carbocycles. The first-order valence-electron chi connectivity index (χ1n) is 6.45. The van der Waals surface area contributed by atoms with Crippen LogP contribution in [0, 0.1) is 13.8 Å². The topological polar surface area (TPSA) is 28.2 Å². The maximum Gasteiger partial charge on any atom is 0.0900 e. The van der Waals surface area contributed by atoms with Crippen LogP contribution in [0.25, 0.3) is 0 Å². The Bertz CT molecular complexity index is 375. The van der Waals surface area contributed by atoms with Gasteiger partial charge in [-0.05, 0) is 47.2 Å². The summed E-state index contributed by atoms with van der Waals surface area (Å²) in [5, 5.41) is 4.92. The van der Waals surface area contributed by atoms with E-state index < -0.39 is 0 Å². The molecule has 17 heavy (non-hydrogen) atoms. The van der Waals surface area contributed by atoms with Crippen molar-refractivity contribution in [2.24, 2.45) is 0 Å². The fourth-order valence-corrected chi connectivity index (χ4v) is 3.62. The Hall–Kier alpha value is -0.450. The van der Waals surface area contributed by atoms with Crippen molar-refractivity contribution < 1.29 is 0 Å². The van der Waals surface area contributed by atoms with Crippen molar-refractivity contribution >= 4 is 11.3 Å². The lowest BCUT2D eigenvalue weighted by molar-refractivity contribution is 0.219. The molecule has 2 atom stereocenters. The Morgan fingerprint density at radius 3 is 2.82 bits per heavy atom. The van der Waals surface area contributed by atoms with E-state index in [9.17, 15) is 0 Å². The van der Waals surface area contributed by atoms with Crippen LogP contribution in [0.1, 0.15) is 41.4 Å². The minimum atomic E-state index is 0.428. The highest BCUT2D eigenvalue weighted by atomic mass is 32.1. The predicted molar refractivity (Wildman–Crippen MR) is 73.7 cm³/mol. The lowest BCUT2D eigenvalue weighted by atomic mass is 10.0. The number of piperidine rings is 1. The number of nitrogens with zero attached hydrogens (tertiary/aromatic N) is 2. The molecule has 0 radical (unpaired) electrons. The summed E-state index contributed by atoms with van der Waals surface area (Å²) in [6.45, 7) is 8.87. The quantitative estimate of drug-likeness (QED) is 0.897. The van der Waals surface area contributed by atoms with Crippen molar-refractivity contribution in [1.82, 2.24) is 15.2 Å². The summed E-state index contributed by atoms with van der Waals surface area (Å²) >= 11 is 1.82. The number of rotatable bonds is 3. The fraction of sp³-hybridized carbons (Fsp3) is 0.769. The van der Waals surface area contributed by atoms with Crippen molar-refractivity contribution in [2.45, 2.75) is 45.7 Å². The van der Waals surface area contributed by atoms with Gasteiger partial charge in [-0.15, -0.1) is 11.3 Å². The first-order chi connectivity index (χ1) is 8.06. The van der Waals surface area contributed by atoms with Crippen molar-refractivity contribution in [2.75, 3.05) is 20.1 Å². The van der Waals surface area contributed by atoms with E-state index in [1.54, 1.807) is 0 Å². The lowest BCUT2D eigenvalue weighted by Crippen LogP contribution is -2.44. The molecule has 1 aromatic heterocycles. The Morgan fingerprint density at radius 2 is 2.24 bits per heavy atom. The second-order valence-corrected chi connectivity index (χ2v) is 6.41. The molecule has 1 N–H and O–H groups in total. The maximum atomic E-state index is 4.51. The van der Waals surface area contributed by atoms with E-state index in [2.05, 4.69) is 43.0 Å². The van der Waals surface area contributed by atoms with E-state index in [0.29, 0.717) is 12.1 Å². The van der Waals surface area contributed by atoms with Crippen LogP contribution in [0.5, 0.6) is 0 Å². The molecule has 2 rings (SSSR count). The van der Waals surface area contributed by atoms with Crippen LogP contribution in [-0.2, 0) is 0 Å². The molecular formula is C13H23N3S. The van der Waals surface area contributed by atoms with E-state index >= 15 is 0 Å². The molecule has 2 unspecified atom stereocenters. The highest BCUT2D eigenvalue weighted by Gasteiger charge is 2.21. The SMILES string of the molecule is Cc1nc(C)c(C(C)NC2CCCN(C)C2)s1. The summed E-state index contributed by atoms with van der Waals surface area (Å²) in [5.74, 6) is 0. The van der Waals surface area contributed by atoms with Gasteiger partial charge in [0.25, 0.3) is 0 Å². The number of hydrogen-bond donors (Lipinski definition) is 1. The van der Waals surface area contributed by atoms with Crippen LogP contribution in [0.15, 0.2) is 0 Å². The molecule has 1 aliphatic rings. The largest absolute Gasteiger partial charge is 0.305 e. The number of likely N-dealkylation sites (N-methyl/N-ethyl adjacent to an activating group) is 1. The molecular weight excluding hydrogens is 230 g/mol. The predicted octanol–water partition coefficient (Wildman–Crippen LogP) is 2.50. The molecule has 0 spiro atoms. The van der Waals surface area contributed by atoms with Gasteiger partial charge in [0.15, 0.2) is 0 Å². The summed E-state index contributed by atoms with van der Waals surface area (Å²) in [6, 6.07) is 1.06. The number of aromatic nitrogens is 1. The monoisotopic (exact) mass is 253 g/mol. The fourth-order valence-electron chi connectivity index (χ4n) is 2.68. The molecule has 0 aliphatic carbocycles. The van der Waals surface area contributed by atoms with Gasteiger partial charge in [-0.25, -0.2) is 4.98 Å². The normalized spacial score (nSPS) is 23.9. The molecule has 1 aromatic rings. The van der Waals surface area contributed by atoms with Crippen LogP contribution in [-0.4, -0.2) is 36.1 Å². The minimum absolute atomic E-state index is 0.428. The molecule has 2 heterocycles. The number of thiazole rings is 1. The third kappa shape index (κ3) is 3.27. The molecule has 0 amide bonds. The van der Waals surface area contributed by atoms with E-state index in [1.807, 2.05) is 11.3 Å². The summed E-state index contributed by atoms with van der Waals surface area (Å²) in [4.78, 5) is 8.32. The molecule has 1 fully saturated rings. The number of hydrogen-bond acceptors (Lipinski definition) is 4. The van der Waals surface area contributed by atoms with Gasteiger partial charge in [-0.2, -0.15) is 0 Å². The molecule has 0 aromatic carbocycles. The maximum absolute atomic E-state index is 4.51. The van der Waals surface area contributed by atoms with E-state index in [4.69, 9.17) is 0 Å². The van der Waals surface area contributed by atoms with Gasteiger partial charge < -0.3 is 10.2 Å².